The number of methoxy groups -OCH3 is 1. The molecule has 0 bridgehead atoms. The molecule has 2 amide bonds. The monoisotopic (exact) mass is 308 g/mol. The molecule has 1 aliphatic heterocycles. The molecule has 0 saturated carbocycles. The average Bonchev–Trinajstić information content (AvgIpc) is 2.47. The van der Waals surface area contributed by atoms with Crippen LogP contribution in [-0.2, 0) is 4.74 Å². The number of rotatable bonds is 5. The van der Waals surface area contributed by atoms with Crippen molar-refractivity contribution in [1.29, 1.82) is 0 Å². The van der Waals surface area contributed by atoms with Gasteiger partial charge in [-0.15, -0.1) is 0 Å². The number of carbonyl (C=O) groups is 1. The third kappa shape index (κ3) is 5.16. The fourth-order valence-corrected chi connectivity index (χ4v) is 2.54. The molecule has 1 aliphatic rings. The smallest absolute Gasteiger partial charge is 0.319 e. The number of morpholine rings is 1. The van der Waals surface area contributed by atoms with Crippen LogP contribution in [0.4, 0.5) is 10.5 Å². The van der Waals surface area contributed by atoms with Gasteiger partial charge in [0.2, 0.25) is 5.88 Å². The van der Waals surface area contributed by atoms with Crippen molar-refractivity contribution in [3.05, 3.63) is 18.3 Å². The van der Waals surface area contributed by atoms with Gasteiger partial charge in [-0.3, -0.25) is 4.90 Å². The minimum Gasteiger partial charge on any atom is -0.481 e. The standard InChI is InChI=1S/C15H24N4O3/c1-11-9-19(10-12(2)22-11)7-6-16-15(20)18-13-4-5-14(21-3)17-8-13/h4-5,8,11-12H,6-7,9-10H2,1-3H3,(H2,16,18,20)/t11-,12-/m0/s1. The Balaban J connectivity index is 1.69. The number of anilines is 1. The first-order chi connectivity index (χ1) is 10.6. The quantitative estimate of drug-likeness (QED) is 0.858. The molecule has 1 aromatic heterocycles. The molecule has 0 spiro atoms. The van der Waals surface area contributed by atoms with Crippen LogP contribution in [0.15, 0.2) is 18.3 Å². The minimum atomic E-state index is -0.235. The van der Waals surface area contributed by atoms with Gasteiger partial charge in [0.1, 0.15) is 0 Å². The number of pyridine rings is 1. The van der Waals surface area contributed by atoms with Crippen molar-refractivity contribution in [2.75, 3.05) is 38.6 Å². The van der Waals surface area contributed by atoms with E-state index in [1.807, 2.05) is 0 Å². The first kappa shape index (κ1) is 16.5. The Labute approximate surface area is 131 Å². The molecule has 2 rings (SSSR count). The fraction of sp³-hybridized carbons (Fsp3) is 0.600. The summed E-state index contributed by atoms with van der Waals surface area (Å²) in [6, 6.07) is 3.21. The van der Waals surface area contributed by atoms with E-state index in [-0.39, 0.29) is 18.2 Å². The number of urea groups is 1. The van der Waals surface area contributed by atoms with Crippen LogP contribution in [-0.4, -0.2) is 61.4 Å². The highest BCUT2D eigenvalue weighted by atomic mass is 16.5. The molecule has 0 aliphatic carbocycles. The molecule has 0 aromatic carbocycles. The van der Waals surface area contributed by atoms with E-state index in [1.54, 1.807) is 25.4 Å². The Morgan fingerprint density at radius 2 is 2.14 bits per heavy atom. The maximum Gasteiger partial charge on any atom is 0.319 e. The Morgan fingerprint density at radius 1 is 1.41 bits per heavy atom. The SMILES string of the molecule is COc1ccc(NC(=O)NCCN2C[C@H](C)O[C@@H](C)C2)cn1. The van der Waals surface area contributed by atoms with Gasteiger partial charge in [0, 0.05) is 32.2 Å². The Hall–Kier alpha value is -1.86. The molecule has 1 saturated heterocycles. The molecule has 1 aromatic rings. The summed E-state index contributed by atoms with van der Waals surface area (Å²) in [4.78, 5) is 18.1. The van der Waals surface area contributed by atoms with Crippen LogP contribution in [0.25, 0.3) is 0 Å². The summed E-state index contributed by atoms with van der Waals surface area (Å²) in [5.41, 5.74) is 0.631. The maximum absolute atomic E-state index is 11.8. The van der Waals surface area contributed by atoms with Crippen molar-refractivity contribution in [2.24, 2.45) is 0 Å². The Morgan fingerprint density at radius 3 is 2.73 bits per heavy atom. The van der Waals surface area contributed by atoms with Crippen LogP contribution < -0.4 is 15.4 Å². The van der Waals surface area contributed by atoms with Crippen LogP contribution in [0.1, 0.15) is 13.8 Å². The van der Waals surface area contributed by atoms with E-state index in [2.05, 4.69) is 34.4 Å². The Bertz CT molecular complexity index is 470. The van der Waals surface area contributed by atoms with Crippen molar-refractivity contribution in [3.63, 3.8) is 0 Å². The van der Waals surface area contributed by atoms with Gasteiger partial charge in [-0.05, 0) is 19.9 Å². The maximum atomic E-state index is 11.8. The number of hydrogen-bond acceptors (Lipinski definition) is 5. The van der Waals surface area contributed by atoms with E-state index in [4.69, 9.17) is 9.47 Å². The summed E-state index contributed by atoms with van der Waals surface area (Å²) in [6.45, 7) is 7.34. The third-order valence-electron chi connectivity index (χ3n) is 3.41. The molecule has 0 radical (unpaired) electrons. The second-order valence-electron chi connectivity index (χ2n) is 5.49. The summed E-state index contributed by atoms with van der Waals surface area (Å²) in [5.74, 6) is 0.515. The number of amides is 2. The molecule has 1 fully saturated rings. The van der Waals surface area contributed by atoms with Gasteiger partial charge < -0.3 is 20.1 Å². The molecule has 122 valence electrons. The zero-order valence-corrected chi connectivity index (χ0v) is 13.3. The fourth-order valence-electron chi connectivity index (χ4n) is 2.54. The predicted molar refractivity (Wildman–Crippen MR) is 84.3 cm³/mol. The summed E-state index contributed by atoms with van der Waals surface area (Å²) in [6.07, 6.45) is 2.04. The highest BCUT2D eigenvalue weighted by molar-refractivity contribution is 5.88. The van der Waals surface area contributed by atoms with E-state index in [0.717, 1.165) is 19.6 Å². The number of nitrogens with one attached hydrogen (secondary N) is 2. The summed E-state index contributed by atoms with van der Waals surface area (Å²) < 4.78 is 10.7. The predicted octanol–water partition coefficient (Wildman–Crippen LogP) is 1.32. The normalized spacial score (nSPS) is 22.1. The van der Waals surface area contributed by atoms with E-state index in [1.165, 1.54) is 0 Å². The highest BCUT2D eigenvalue weighted by Gasteiger charge is 2.21. The van der Waals surface area contributed by atoms with Crippen LogP contribution >= 0.6 is 0 Å². The lowest BCUT2D eigenvalue weighted by Gasteiger charge is -2.35. The molecule has 2 heterocycles. The van der Waals surface area contributed by atoms with E-state index in [0.29, 0.717) is 18.1 Å². The van der Waals surface area contributed by atoms with Crippen LogP contribution in [0.2, 0.25) is 0 Å². The first-order valence-corrected chi connectivity index (χ1v) is 7.49. The van der Waals surface area contributed by atoms with E-state index >= 15 is 0 Å². The van der Waals surface area contributed by atoms with Crippen molar-refractivity contribution >= 4 is 11.7 Å². The molecule has 0 unspecified atom stereocenters. The third-order valence-corrected chi connectivity index (χ3v) is 3.41. The average molecular weight is 308 g/mol. The lowest BCUT2D eigenvalue weighted by atomic mass is 10.2. The highest BCUT2D eigenvalue weighted by Crippen LogP contribution is 2.11. The Kier molecular flexibility index (Phi) is 5.97. The topological polar surface area (TPSA) is 75.7 Å². The molecule has 2 atom stereocenters. The van der Waals surface area contributed by atoms with Gasteiger partial charge in [-0.1, -0.05) is 0 Å². The molecular formula is C15H24N4O3. The summed E-state index contributed by atoms with van der Waals surface area (Å²) in [7, 11) is 1.55. The zero-order chi connectivity index (χ0) is 15.9. The van der Waals surface area contributed by atoms with Crippen molar-refractivity contribution in [3.8, 4) is 5.88 Å². The van der Waals surface area contributed by atoms with E-state index in [9.17, 15) is 4.79 Å². The largest absolute Gasteiger partial charge is 0.481 e. The second-order valence-corrected chi connectivity index (χ2v) is 5.49. The van der Waals surface area contributed by atoms with Gasteiger partial charge >= 0.3 is 6.03 Å². The van der Waals surface area contributed by atoms with E-state index < -0.39 is 0 Å². The summed E-state index contributed by atoms with van der Waals surface area (Å²) in [5, 5.41) is 5.58. The number of ether oxygens (including phenoxy) is 2. The van der Waals surface area contributed by atoms with Crippen molar-refractivity contribution in [2.45, 2.75) is 26.1 Å². The van der Waals surface area contributed by atoms with Gasteiger partial charge in [0.25, 0.3) is 0 Å². The lowest BCUT2D eigenvalue weighted by Crippen LogP contribution is -2.48. The second kappa shape index (κ2) is 7.95. The minimum absolute atomic E-state index is 0.235. The first-order valence-electron chi connectivity index (χ1n) is 7.49. The molecule has 22 heavy (non-hydrogen) atoms. The molecule has 7 heteroatoms. The van der Waals surface area contributed by atoms with Gasteiger partial charge in [0.05, 0.1) is 31.2 Å². The van der Waals surface area contributed by atoms with Gasteiger partial charge in [-0.2, -0.15) is 0 Å². The van der Waals surface area contributed by atoms with Crippen LogP contribution in [0.3, 0.4) is 0 Å². The van der Waals surface area contributed by atoms with Crippen molar-refractivity contribution in [1.82, 2.24) is 15.2 Å². The van der Waals surface area contributed by atoms with Crippen LogP contribution in [0, 0.1) is 0 Å². The molecular weight excluding hydrogens is 284 g/mol. The number of hydrogen-bond donors (Lipinski definition) is 2. The van der Waals surface area contributed by atoms with Crippen molar-refractivity contribution < 1.29 is 14.3 Å². The number of nitrogens with zero attached hydrogens (tertiary/aromatic N) is 2. The summed E-state index contributed by atoms with van der Waals surface area (Å²) >= 11 is 0. The van der Waals surface area contributed by atoms with Crippen LogP contribution in [0.5, 0.6) is 5.88 Å². The zero-order valence-electron chi connectivity index (χ0n) is 13.3. The van der Waals surface area contributed by atoms with Gasteiger partial charge in [-0.25, -0.2) is 9.78 Å². The lowest BCUT2D eigenvalue weighted by molar-refractivity contribution is -0.0672. The molecule has 2 N–H and O–H groups in total. The number of carbonyl (C=O) groups excluding carboxylic acids is 1. The van der Waals surface area contributed by atoms with Gasteiger partial charge in [0.15, 0.2) is 0 Å². The molecule has 7 nitrogen and oxygen atoms in total. The number of aromatic nitrogens is 1.